The van der Waals surface area contributed by atoms with Crippen LogP contribution in [0, 0.1) is 0 Å². The fourth-order valence-electron chi connectivity index (χ4n) is 2.95. The number of benzene rings is 1. The molecule has 0 amide bonds. The molecule has 1 fully saturated rings. The number of aromatic nitrogens is 2. The largest absolute Gasteiger partial charge is 0.356 e. The molecular formula is C17H26IN5S. The predicted octanol–water partition coefficient (Wildman–Crippen LogP) is 3.13. The number of hydrogen-bond acceptors (Lipinski definition) is 3. The minimum atomic E-state index is 0. The predicted molar refractivity (Wildman–Crippen MR) is 115 cm³/mol. The van der Waals surface area contributed by atoms with Crippen molar-refractivity contribution < 1.29 is 0 Å². The third kappa shape index (κ3) is 4.78. The zero-order valence-electron chi connectivity index (χ0n) is 14.5. The van der Waals surface area contributed by atoms with E-state index in [2.05, 4.69) is 45.1 Å². The molecule has 0 unspecified atom stereocenters. The molecule has 132 valence electrons. The van der Waals surface area contributed by atoms with Crippen molar-refractivity contribution in [1.29, 1.82) is 0 Å². The van der Waals surface area contributed by atoms with E-state index in [1.807, 2.05) is 37.0 Å². The lowest BCUT2D eigenvalue weighted by molar-refractivity contribution is 0.376. The van der Waals surface area contributed by atoms with Crippen molar-refractivity contribution in [2.45, 2.75) is 25.0 Å². The maximum absolute atomic E-state index is 4.62. The van der Waals surface area contributed by atoms with Crippen molar-refractivity contribution >= 4 is 52.7 Å². The molecule has 2 N–H and O–H groups in total. The lowest BCUT2D eigenvalue weighted by atomic mass is 10.2. The highest BCUT2D eigenvalue weighted by molar-refractivity contribution is 14.0. The summed E-state index contributed by atoms with van der Waals surface area (Å²) >= 11 is 2.04. The van der Waals surface area contributed by atoms with E-state index in [1.165, 1.54) is 0 Å². The van der Waals surface area contributed by atoms with Crippen LogP contribution in [-0.2, 0) is 6.42 Å². The Bertz CT molecular complexity index is 664. The molecule has 1 aliphatic rings. The Morgan fingerprint density at radius 3 is 2.92 bits per heavy atom. The summed E-state index contributed by atoms with van der Waals surface area (Å²) in [7, 11) is 1.86. The summed E-state index contributed by atoms with van der Waals surface area (Å²) < 4.78 is 0.286. The van der Waals surface area contributed by atoms with E-state index in [9.17, 15) is 0 Å². The van der Waals surface area contributed by atoms with Gasteiger partial charge in [-0.15, -0.1) is 24.0 Å². The maximum Gasteiger partial charge on any atom is 0.193 e. The van der Waals surface area contributed by atoms with Crippen LogP contribution in [0.2, 0.25) is 0 Å². The molecule has 0 bridgehead atoms. The number of hydrogen-bond donors (Lipinski definition) is 2. The summed E-state index contributed by atoms with van der Waals surface area (Å²) in [4.78, 5) is 14.8. The lowest BCUT2D eigenvalue weighted by Crippen LogP contribution is -2.51. The van der Waals surface area contributed by atoms with E-state index in [1.54, 1.807) is 0 Å². The minimum absolute atomic E-state index is 0. The Balaban J connectivity index is 0.00000208. The van der Waals surface area contributed by atoms with Gasteiger partial charge in [-0.2, -0.15) is 11.8 Å². The van der Waals surface area contributed by atoms with Gasteiger partial charge in [-0.25, -0.2) is 4.98 Å². The number of aliphatic imine (C=N–C) groups is 1. The second-order valence-electron chi connectivity index (χ2n) is 6.45. The number of para-hydroxylation sites is 2. The fourth-order valence-corrected chi connectivity index (χ4v) is 4.06. The van der Waals surface area contributed by atoms with E-state index >= 15 is 0 Å². The Hall–Kier alpha value is -0.960. The third-order valence-corrected chi connectivity index (χ3v) is 5.32. The van der Waals surface area contributed by atoms with Crippen molar-refractivity contribution in [3.05, 3.63) is 30.1 Å². The molecule has 2 aromatic rings. The summed E-state index contributed by atoms with van der Waals surface area (Å²) in [5.41, 5.74) is 2.13. The van der Waals surface area contributed by atoms with Gasteiger partial charge in [0.05, 0.1) is 11.0 Å². The molecule has 7 heteroatoms. The zero-order valence-corrected chi connectivity index (χ0v) is 17.6. The van der Waals surface area contributed by atoms with Crippen LogP contribution in [0.3, 0.4) is 0 Å². The molecule has 0 aliphatic carbocycles. The van der Waals surface area contributed by atoms with Crippen LogP contribution in [0.1, 0.15) is 19.7 Å². The molecule has 5 nitrogen and oxygen atoms in total. The van der Waals surface area contributed by atoms with Crippen molar-refractivity contribution in [2.24, 2.45) is 4.99 Å². The van der Waals surface area contributed by atoms with E-state index in [4.69, 9.17) is 0 Å². The first-order chi connectivity index (χ1) is 11.1. The lowest BCUT2D eigenvalue weighted by Gasteiger charge is -2.39. The monoisotopic (exact) mass is 459 g/mol. The molecule has 0 atom stereocenters. The third-order valence-electron chi connectivity index (χ3n) is 4.02. The Kier molecular flexibility index (Phi) is 6.79. The highest BCUT2D eigenvalue weighted by Gasteiger charge is 2.28. The second-order valence-corrected chi connectivity index (χ2v) is 8.26. The van der Waals surface area contributed by atoms with Crippen LogP contribution >= 0.6 is 35.7 Å². The van der Waals surface area contributed by atoms with E-state index in [0.717, 1.165) is 54.6 Å². The van der Waals surface area contributed by atoms with Crippen LogP contribution in [0.15, 0.2) is 29.3 Å². The topological polar surface area (TPSA) is 56.3 Å². The normalized spacial score (nSPS) is 17.6. The number of thioether (sulfide) groups is 1. The molecule has 3 rings (SSSR count). The van der Waals surface area contributed by atoms with Crippen molar-refractivity contribution in [1.82, 2.24) is 20.2 Å². The van der Waals surface area contributed by atoms with Crippen LogP contribution in [0.5, 0.6) is 0 Å². The maximum atomic E-state index is 4.62. The summed E-state index contributed by atoms with van der Waals surface area (Å²) in [5.74, 6) is 3.16. The summed E-state index contributed by atoms with van der Waals surface area (Å²) in [6.45, 7) is 7.51. The molecule has 24 heavy (non-hydrogen) atoms. The first-order valence-corrected chi connectivity index (χ1v) is 9.09. The van der Waals surface area contributed by atoms with Crippen LogP contribution in [-0.4, -0.2) is 58.0 Å². The molecule has 1 aromatic heterocycles. The number of fused-ring (bicyclic) bond motifs is 1. The number of rotatable bonds is 3. The van der Waals surface area contributed by atoms with Gasteiger partial charge < -0.3 is 15.2 Å². The average Bonchev–Trinajstić information content (AvgIpc) is 2.93. The molecule has 0 radical (unpaired) electrons. The average molecular weight is 459 g/mol. The van der Waals surface area contributed by atoms with Gasteiger partial charge >= 0.3 is 0 Å². The number of guanidine groups is 1. The first kappa shape index (κ1) is 19.4. The molecular weight excluding hydrogens is 433 g/mol. The first-order valence-electron chi connectivity index (χ1n) is 8.10. The molecule has 1 aromatic carbocycles. The Labute approximate surface area is 165 Å². The standard InChI is InChI=1S/C17H25N5S.HI/c1-17(2)12-22(10-11-23-17)16(18-3)19-9-8-15-20-13-6-4-5-7-14(13)21-15;/h4-7H,8-12H2,1-3H3,(H,18,19)(H,20,21);1H. The van der Waals surface area contributed by atoms with Gasteiger partial charge in [-0.1, -0.05) is 12.1 Å². The second kappa shape index (κ2) is 8.42. The summed E-state index contributed by atoms with van der Waals surface area (Å²) in [5, 5.41) is 3.48. The van der Waals surface area contributed by atoms with Gasteiger partial charge in [-0.05, 0) is 26.0 Å². The molecule has 1 saturated heterocycles. The van der Waals surface area contributed by atoms with Crippen LogP contribution in [0.25, 0.3) is 11.0 Å². The summed E-state index contributed by atoms with van der Waals surface area (Å²) in [6.07, 6.45) is 0.861. The Morgan fingerprint density at radius 2 is 2.21 bits per heavy atom. The molecule has 1 aliphatic heterocycles. The molecule has 0 spiro atoms. The van der Waals surface area contributed by atoms with Crippen molar-refractivity contribution in [2.75, 3.05) is 32.4 Å². The number of imidazole rings is 1. The molecule has 2 heterocycles. The highest BCUT2D eigenvalue weighted by Crippen LogP contribution is 2.29. The van der Waals surface area contributed by atoms with E-state index < -0.39 is 0 Å². The van der Waals surface area contributed by atoms with Crippen molar-refractivity contribution in [3.8, 4) is 0 Å². The number of halogens is 1. The fraction of sp³-hybridized carbons (Fsp3) is 0.529. The van der Waals surface area contributed by atoms with E-state index in [0.29, 0.717) is 0 Å². The smallest absolute Gasteiger partial charge is 0.193 e. The SMILES string of the molecule is CN=C(NCCc1nc2ccccc2[nH]1)N1CCSC(C)(C)C1.I. The van der Waals surface area contributed by atoms with Gasteiger partial charge in [0.25, 0.3) is 0 Å². The summed E-state index contributed by atoms with van der Waals surface area (Å²) in [6, 6.07) is 8.14. The van der Waals surface area contributed by atoms with Crippen LogP contribution in [0.4, 0.5) is 0 Å². The minimum Gasteiger partial charge on any atom is -0.356 e. The van der Waals surface area contributed by atoms with Gasteiger partial charge in [0.15, 0.2) is 5.96 Å². The molecule has 0 saturated carbocycles. The Morgan fingerprint density at radius 1 is 1.42 bits per heavy atom. The van der Waals surface area contributed by atoms with Gasteiger partial charge in [0.2, 0.25) is 0 Å². The van der Waals surface area contributed by atoms with Gasteiger partial charge in [-0.3, -0.25) is 4.99 Å². The van der Waals surface area contributed by atoms with Crippen molar-refractivity contribution in [3.63, 3.8) is 0 Å². The van der Waals surface area contributed by atoms with Gasteiger partial charge in [0.1, 0.15) is 5.82 Å². The highest BCUT2D eigenvalue weighted by atomic mass is 127. The number of nitrogens with zero attached hydrogens (tertiary/aromatic N) is 3. The number of H-pyrrole nitrogens is 1. The van der Waals surface area contributed by atoms with E-state index in [-0.39, 0.29) is 28.7 Å². The number of nitrogens with one attached hydrogen (secondary N) is 2. The van der Waals surface area contributed by atoms with Gasteiger partial charge in [0, 0.05) is 43.6 Å². The van der Waals surface area contributed by atoms with Crippen LogP contribution < -0.4 is 5.32 Å². The number of aromatic amines is 1. The quantitative estimate of drug-likeness (QED) is 0.421. The zero-order chi connectivity index (χ0) is 16.3.